The molecular weight excluding hydrogens is 416 g/mol. The first-order valence-corrected chi connectivity index (χ1v) is 11.3. The van der Waals surface area contributed by atoms with Crippen LogP contribution in [0.2, 0.25) is 5.02 Å². The van der Waals surface area contributed by atoms with Crippen molar-refractivity contribution in [2.45, 2.75) is 19.4 Å². The van der Waals surface area contributed by atoms with E-state index in [4.69, 9.17) is 21.1 Å². The van der Waals surface area contributed by atoms with Crippen LogP contribution in [0.5, 0.6) is 11.5 Å². The lowest BCUT2D eigenvalue weighted by Crippen LogP contribution is -2.50. The summed E-state index contributed by atoms with van der Waals surface area (Å²) in [5.41, 5.74) is 0.381. The van der Waals surface area contributed by atoms with Crippen molar-refractivity contribution in [2.75, 3.05) is 30.8 Å². The Kier molecular flexibility index (Phi) is 8.16. The predicted molar refractivity (Wildman–Crippen MR) is 114 cm³/mol. The zero-order valence-electron chi connectivity index (χ0n) is 16.6. The molecule has 7 nitrogen and oxygen atoms in total. The number of methoxy groups -OCH3 is 1. The van der Waals surface area contributed by atoms with Gasteiger partial charge in [-0.05, 0) is 42.8 Å². The number of hydrogen-bond acceptors (Lipinski definition) is 5. The molecule has 0 aliphatic carbocycles. The zero-order valence-corrected chi connectivity index (χ0v) is 18.2. The molecular formula is C20H25ClN2O5S. The van der Waals surface area contributed by atoms with Gasteiger partial charge in [-0.3, -0.25) is 9.10 Å². The molecule has 1 N–H and O–H groups in total. The van der Waals surface area contributed by atoms with Crippen LogP contribution in [0.25, 0.3) is 0 Å². The Hall–Kier alpha value is -2.45. The van der Waals surface area contributed by atoms with Crippen molar-refractivity contribution in [3.8, 4) is 11.5 Å². The molecule has 1 amide bonds. The molecule has 0 saturated carbocycles. The van der Waals surface area contributed by atoms with Gasteiger partial charge in [-0.15, -0.1) is 0 Å². The quantitative estimate of drug-likeness (QED) is 0.574. The normalized spacial score (nSPS) is 12.1. The van der Waals surface area contributed by atoms with Crippen LogP contribution < -0.4 is 19.1 Å². The number of anilines is 1. The molecule has 2 rings (SSSR count). The molecule has 29 heavy (non-hydrogen) atoms. The van der Waals surface area contributed by atoms with Crippen LogP contribution in [0.15, 0.2) is 48.5 Å². The van der Waals surface area contributed by atoms with Crippen molar-refractivity contribution >= 4 is 33.2 Å². The lowest BCUT2D eigenvalue weighted by Gasteiger charge is -2.30. The minimum absolute atomic E-state index is 0.227. The fourth-order valence-corrected chi connectivity index (χ4v) is 4.14. The minimum Gasteiger partial charge on any atom is -0.497 e. The summed E-state index contributed by atoms with van der Waals surface area (Å²) in [5.74, 6) is 0.885. The molecule has 0 aromatic heterocycles. The number of sulfonamides is 1. The smallest absolute Gasteiger partial charge is 0.244 e. The summed E-state index contributed by atoms with van der Waals surface area (Å²) in [4.78, 5) is 12.7. The van der Waals surface area contributed by atoms with Gasteiger partial charge in [0, 0.05) is 11.1 Å². The minimum atomic E-state index is -3.68. The second-order valence-corrected chi connectivity index (χ2v) is 8.57. The molecule has 1 atom stereocenters. The second-order valence-electron chi connectivity index (χ2n) is 6.28. The molecule has 0 bridgehead atoms. The van der Waals surface area contributed by atoms with Crippen molar-refractivity contribution < 1.29 is 22.7 Å². The lowest BCUT2D eigenvalue weighted by molar-refractivity contribution is -0.122. The van der Waals surface area contributed by atoms with Crippen molar-refractivity contribution in [1.29, 1.82) is 0 Å². The van der Waals surface area contributed by atoms with Gasteiger partial charge in [0.25, 0.3) is 0 Å². The average Bonchev–Trinajstić information content (AvgIpc) is 2.69. The molecule has 9 heteroatoms. The summed E-state index contributed by atoms with van der Waals surface area (Å²) in [5, 5.41) is 3.22. The molecule has 0 aliphatic rings. The first kappa shape index (κ1) is 22.8. The topological polar surface area (TPSA) is 84.9 Å². The van der Waals surface area contributed by atoms with Crippen LogP contribution in [0.1, 0.15) is 13.3 Å². The molecule has 2 aromatic rings. The van der Waals surface area contributed by atoms with E-state index in [2.05, 4.69) is 5.32 Å². The maximum absolute atomic E-state index is 12.7. The highest BCUT2D eigenvalue weighted by Gasteiger charge is 2.31. The molecule has 0 heterocycles. The number of ether oxygens (including phenoxy) is 2. The van der Waals surface area contributed by atoms with Gasteiger partial charge >= 0.3 is 0 Å². The Morgan fingerprint density at radius 1 is 1.17 bits per heavy atom. The van der Waals surface area contributed by atoms with E-state index in [1.807, 2.05) is 0 Å². The van der Waals surface area contributed by atoms with E-state index in [1.54, 1.807) is 62.6 Å². The van der Waals surface area contributed by atoms with Gasteiger partial charge in [-0.25, -0.2) is 8.42 Å². The summed E-state index contributed by atoms with van der Waals surface area (Å²) < 4.78 is 36.6. The molecule has 0 radical (unpaired) electrons. The Morgan fingerprint density at radius 3 is 2.41 bits per heavy atom. The van der Waals surface area contributed by atoms with E-state index >= 15 is 0 Å². The fourth-order valence-electron chi connectivity index (χ4n) is 2.80. The molecule has 2 aromatic carbocycles. The summed E-state index contributed by atoms with van der Waals surface area (Å²) in [6.45, 7) is 2.21. The Labute approximate surface area is 176 Å². The number of hydrogen-bond donors (Lipinski definition) is 1. The third-order valence-electron chi connectivity index (χ3n) is 4.12. The van der Waals surface area contributed by atoms with Gasteiger partial charge in [0.1, 0.15) is 24.1 Å². The lowest BCUT2D eigenvalue weighted by atomic mass is 10.2. The Bertz CT molecular complexity index is 919. The van der Waals surface area contributed by atoms with Crippen LogP contribution in [-0.4, -0.2) is 46.9 Å². The number of carbonyl (C=O) groups excluding carboxylic acids is 1. The number of rotatable bonds is 10. The average molecular weight is 441 g/mol. The summed E-state index contributed by atoms with van der Waals surface area (Å²) in [6, 6.07) is 12.6. The summed E-state index contributed by atoms with van der Waals surface area (Å²) in [6.07, 6.45) is 1.38. The maximum atomic E-state index is 12.7. The van der Waals surface area contributed by atoms with E-state index in [1.165, 1.54) is 0 Å². The number of amides is 1. The molecule has 158 valence electrons. The highest BCUT2D eigenvalue weighted by molar-refractivity contribution is 7.92. The van der Waals surface area contributed by atoms with E-state index in [0.29, 0.717) is 28.6 Å². The molecule has 0 spiro atoms. The highest BCUT2D eigenvalue weighted by atomic mass is 35.5. The Morgan fingerprint density at radius 2 is 1.83 bits per heavy atom. The fraction of sp³-hybridized carbons (Fsp3) is 0.350. The van der Waals surface area contributed by atoms with Gasteiger partial charge in [-0.1, -0.05) is 24.6 Å². The van der Waals surface area contributed by atoms with Gasteiger partial charge in [-0.2, -0.15) is 0 Å². The number of carbonyl (C=O) groups is 1. The van der Waals surface area contributed by atoms with Crippen LogP contribution in [0.4, 0.5) is 5.69 Å². The van der Waals surface area contributed by atoms with E-state index in [9.17, 15) is 13.2 Å². The SMILES string of the molecule is CC[C@@H](C(=O)NCCOc1cccc(OC)c1)N(c1ccc(Cl)cc1)S(C)(=O)=O. The molecule has 0 unspecified atom stereocenters. The van der Waals surface area contributed by atoms with Gasteiger partial charge in [0.2, 0.25) is 15.9 Å². The predicted octanol–water partition coefficient (Wildman–Crippen LogP) is 3.09. The number of nitrogens with one attached hydrogen (secondary N) is 1. The van der Waals surface area contributed by atoms with Crippen molar-refractivity contribution in [3.05, 3.63) is 53.6 Å². The van der Waals surface area contributed by atoms with Crippen LogP contribution >= 0.6 is 11.6 Å². The second kappa shape index (κ2) is 10.4. The van der Waals surface area contributed by atoms with Crippen LogP contribution in [0, 0.1) is 0 Å². The monoisotopic (exact) mass is 440 g/mol. The van der Waals surface area contributed by atoms with Crippen LogP contribution in [0.3, 0.4) is 0 Å². The molecule has 0 saturated heterocycles. The van der Waals surface area contributed by atoms with E-state index in [-0.39, 0.29) is 13.2 Å². The van der Waals surface area contributed by atoms with Crippen molar-refractivity contribution in [2.24, 2.45) is 0 Å². The maximum Gasteiger partial charge on any atom is 0.244 e. The highest BCUT2D eigenvalue weighted by Crippen LogP contribution is 2.24. The standard InChI is InChI=1S/C20H25ClN2O5S/c1-4-19(23(29(3,25)26)16-10-8-15(21)9-11-16)20(24)22-12-13-28-18-7-5-6-17(14-18)27-2/h5-11,14,19H,4,12-13H2,1-3H3,(H,22,24)/t19-/m0/s1. The van der Waals surface area contributed by atoms with E-state index in [0.717, 1.165) is 10.6 Å². The van der Waals surface area contributed by atoms with E-state index < -0.39 is 22.0 Å². The number of nitrogens with zero attached hydrogens (tertiary/aromatic N) is 1. The zero-order chi connectivity index (χ0) is 21.4. The number of halogens is 1. The molecule has 0 fully saturated rings. The number of benzene rings is 2. The summed E-state index contributed by atoms with van der Waals surface area (Å²) >= 11 is 5.89. The largest absolute Gasteiger partial charge is 0.497 e. The van der Waals surface area contributed by atoms with Gasteiger partial charge < -0.3 is 14.8 Å². The van der Waals surface area contributed by atoms with Crippen molar-refractivity contribution in [1.82, 2.24) is 5.32 Å². The van der Waals surface area contributed by atoms with Crippen LogP contribution in [-0.2, 0) is 14.8 Å². The molecule has 0 aliphatic heterocycles. The van der Waals surface area contributed by atoms with Crippen molar-refractivity contribution in [3.63, 3.8) is 0 Å². The Balaban J connectivity index is 2.02. The third-order valence-corrected chi connectivity index (χ3v) is 5.55. The first-order valence-electron chi connectivity index (χ1n) is 9.05. The third kappa shape index (κ3) is 6.54. The van der Waals surface area contributed by atoms with Gasteiger partial charge in [0.05, 0.1) is 25.6 Å². The first-order chi connectivity index (χ1) is 13.8. The summed E-state index contributed by atoms with van der Waals surface area (Å²) in [7, 11) is -2.12. The van der Waals surface area contributed by atoms with Gasteiger partial charge in [0.15, 0.2) is 0 Å².